The van der Waals surface area contributed by atoms with Crippen LogP contribution in [-0.2, 0) is 10.7 Å². The van der Waals surface area contributed by atoms with Crippen LogP contribution in [0.1, 0.15) is 80.9 Å². The van der Waals surface area contributed by atoms with E-state index in [4.69, 9.17) is 0 Å². The second kappa shape index (κ2) is 11.0. The molecule has 2 aromatic rings. The molecule has 2 N–H and O–H groups in total. The van der Waals surface area contributed by atoms with Crippen LogP contribution in [0.3, 0.4) is 0 Å². The van der Waals surface area contributed by atoms with E-state index in [0.717, 1.165) is 32.6 Å². The van der Waals surface area contributed by atoms with Gasteiger partial charge in [0, 0.05) is 43.1 Å². The van der Waals surface area contributed by atoms with Crippen molar-refractivity contribution in [2.75, 3.05) is 13.1 Å². The summed E-state index contributed by atoms with van der Waals surface area (Å²) in [5, 5.41) is 16.6. The molecule has 4 rings (SSSR count). The summed E-state index contributed by atoms with van der Waals surface area (Å²) in [7, 11) is 0. The number of nitrogens with one attached hydrogen (secondary N) is 1. The summed E-state index contributed by atoms with van der Waals surface area (Å²) < 4.78 is 57.9. The Bertz CT molecular complexity index is 1160. The molecule has 1 saturated heterocycles. The second-order valence-electron chi connectivity index (χ2n) is 10.7. The lowest BCUT2D eigenvalue weighted by Gasteiger charge is -2.28. The van der Waals surface area contributed by atoms with Crippen molar-refractivity contribution in [2.24, 2.45) is 0 Å². The minimum Gasteiger partial charge on any atom is -0.481 e. The summed E-state index contributed by atoms with van der Waals surface area (Å²) in [6.45, 7) is 2.35. The number of halogens is 4. The maximum atomic E-state index is 14.5. The van der Waals surface area contributed by atoms with Gasteiger partial charge in [-0.3, -0.25) is 19.2 Å². The van der Waals surface area contributed by atoms with Crippen LogP contribution in [0.15, 0.2) is 30.3 Å². The molecule has 38 heavy (non-hydrogen) atoms. The monoisotopic (exact) mass is 538 g/mol. The van der Waals surface area contributed by atoms with Crippen molar-refractivity contribution >= 4 is 11.9 Å². The van der Waals surface area contributed by atoms with E-state index in [0.29, 0.717) is 5.69 Å². The smallest absolute Gasteiger partial charge is 0.305 e. The minimum atomic E-state index is -3.11. The Balaban J connectivity index is 1.60. The zero-order valence-electron chi connectivity index (χ0n) is 21.6. The number of aliphatic carboxylic acids is 1. The number of hydrogen-bond acceptors (Lipinski definition) is 4. The summed E-state index contributed by atoms with van der Waals surface area (Å²) in [6, 6.07) is 6.36. The molecule has 11 heteroatoms. The molecule has 2 heterocycles. The van der Waals surface area contributed by atoms with Crippen molar-refractivity contribution in [1.29, 1.82) is 0 Å². The third kappa shape index (κ3) is 6.54. The quantitative estimate of drug-likeness (QED) is 0.392. The molecule has 1 amide bonds. The van der Waals surface area contributed by atoms with Crippen LogP contribution in [0, 0.1) is 0 Å². The van der Waals surface area contributed by atoms with Crippen molar-refractivity contribution in [3.05, 3.63) is 41.6 Å². The van der Waals surface area contributed by atoms with Gasteiger partial charge in [-0.1, -0.05) is 37.1 Å². The number of likely N-dealkylation sites (tertiary alicyclic amines) is 1. The predicted octanol–water partition coefficient (Wildman–Crippen LogP) is 5.47. The van der Waals surface area contributed by atoms with Crippen molar-refractivity contribution in [1.82, 2.24) is 20.0 Å². The summed E-state index contributed by atoms with van der Waals surface area (Å²) in [6.07, 6.45) is 3.06. The number of carbonyl (C=O) groups is 2. The number of alkyl halides is 4. The topological polar surface area (TPSA) is 87.5 Å². The van der Waals surface area contributed by atoms with Crippen LogP contribution in [0.5, 0.6) is 0 Å². The van der Waals surface area contributed by atoms with E-state index in [-0.39, 0.29) is 54.7 Å². The van der Waals surface area contributed by atoms with Gasteiger partial charge in [-0.05, 0) is 32.3 Å². The number of carbonyl (C=O) groups excluding carboxylic acids is 1. The number of amides is 1. The van der Waals surface area contributed by atoms with E-state index in [1.165, 1.54) is 18.2 Å². The number of hydrogen-bond donors (Lipinski definition) is 2. The minimum absolute atomic E-state index is 0.00290. The van der Waals surface area contributed by atoms with E-state index < -0.39 is 36.3 Å². The fourth-order valence-electron chi connectivity index (χ4n) is 5.59. The molecule has 0 spiro atoms. The molecule has 1 aliphatic heterocycles. The number of benzene rings is 1. The average Bonchev–Trinajstić information content (AvgIpc) is 3.57. The maximum Gasteiger partial charge on any atom is 0.305 e. The number of aromatic nitrogens is 2. The Morgan fingerprint density at radius 2 is 1.92 bits per heavy atom. The highest BCUT2D eigenvalue weighted by atomic mass is 19.3. The molecule has 208 valence electrons. The molecule has 1 aromatic heterocycles. The molecule has 2 aliphatic rings. The molecular formula is C27H34F4N4O3. The number of nitrogens with zero attached hydrogens (tertiary/aromatic N) is 3. The molecule has 1 saturated carbocycles. The van der Waals surface area contributed by atoms with Gasteiger partial charge in [0.1, 0.15) is 0 Å². The summed E-state index contributed by atoms with van der Waals surface area (Å²) in [4.78, 5) is 26.4. The molecule has 2 fully saturated rings. The van der Waals surface area contributed by atoms with E-state index in [1.807, 2.05) is 0 Å². The van der Waals surface area contributed by atoms with Crippen LogP contribution < -0.4 is 5.32 Å². The Hall–Kier alpha value is -2.95. The molecular weight excluding hydrogens is 504 g/mol. The van der Waals surface area contributed by atoms with Crippen LogP contribution in [-0.4, -0.2) is 62.8 Å². The summed E-state index contributed by atoms with van der Waals surface area (Å²) in [5.74, 6) is -7.66. The lowest BCUT2D eigenvalue weighted by molar-refractivity contribution is -0.137. The van der Waals surface area contributed by atoms with Gasteiger partial charge >= 0.3 is 5.97 Å². The molecule has 0 bridgehead atoms. The van der Waals surface area contributed by atoms with Crippen LogP contribution in [0.2, 0.25) is 0 Å². The molecule has 7 nitrogen and oxygen atoms in total. The van der Waals surface area contributed by atoms with Crippen molar-refractivity contribution in [3.8, 4) is 11.3 Å². The fourth-order valence-corrected chi connectivity index (χ4v) is 5.59. The van der Waals surface area contributed by atoms with Gasteiger partial charge in [0.05, 0.1) is 24.7 Å². The number of rotatable bonds is 10. The lowest BCUT2D eigenvalue weighted by atomic mass is 9.99. The van der Waals surface area contributed by atoms with Gasteiger partial charge in [-0.15, -0.1) is 0 Å². The summed E-state index contributed by atoms with van der Waals surface area (Å²) >= 11 is 0. The predicted molar refractivity (Wildman–Crippen MR) is 133 cm³/mol. The molecule has 1 aliphatic carbocycles. The Labute approximate surface area is 219 Å². The third-order valence-corrected chi connectivity index (χ3v) is 7.52. The van der Waals surface area contributed by atoms with Crippen molar-refractivity contribution < 1.29 is 32.3 Å². The second-order valence-corrected chi connectivity index (χ2v) is 10.7. The van der Waals surface area contributed by atoms with Gasteiger partial charge in [-0.2, -0.15) is 5.10 Å². The number of carboxylic acids is 1. The first kappa shape index (κ1) is 28.1. The van der Waals surface area contributed by atoms with Crippen LogP contribution >= 0.6 is 0 Å². The summed E-state index contributed by atoms with van der Waals surface area (Å²) in [5.41, 5.74) is 0.508. The normalized spacial score (nSPS) is 19.9. The van der Waals surface area contributed by atoms with Gasteiger partial charge in [0.15, 0.2) is 5.69 Å². The van der Waals surface area contributed by atoms with Gasteiger partial charge in [-0.25, -0.2) is 17.6 Å². The van der Waals surface area contributed by atoms with Gasteiger partial charge in [0.25, 0.3) is 17.8 Å². The fraction of sp³-hybridized carbons (Fsp3) is 0.593. The van der Waals surface area contributed by atoms with Crippen molar-refractivity contribution in [2.45, 2.75) is 88.8 Å². The highest BCUT2D eigenvalue weighted by Crippen LogP contribution is 2.39. The zero-order valence-corrected chi connectivity index (χ0v) is 21.6. The molecule has 2 atom stereocenters. The Morgan fingerprint density at radius 1 is 1.24 bits per heavy atom. The molecule has 0 unspecified atom stereocenters. The first-order chi connectivity index (χ1) is 17.8. The Morgan fingerprint density at radius 3 is 2.53 bits per heavy atom. The van der Waals surface area contributed by atoms with Gasteiger partial charge in [0.2, 0.25) is 0 Å². The number of carboxylic acid groups (broad SMARTS) is 1. The third-order valence-electron chi connectivity index (χ3n) is 7.52. The average molecular weight is 539 g/mol. The molecule has 0 radical (unpaired) electrons. The van der Waals surface area contributed by atoms with Crippen molar-refractivity contribution in [3.63, 3.8) is 0 Å². The lowest BCUT2D eigenvalue weighted by Crippen LogP contribution is -2.43. The van der Waals surface area contributed by atoms with E-state index in [2.05, 4.69) is 10.4 Å². The zero-order chi connectivity index (χ0) is 27.7. The first-order valence-electron chi connectivity index (χ1n) is 13.1. The first-order valence-corrected chi connectivity index (χ1v) is 13.1. The van der Waals surface area contributed by atoms with E-state index in [9.17, 15) is 32.3 Å². The molecule has 1 aromatic carbocycles. The highest BCUT2D eigenvalue weighted by molar-refractivity contribution is 5.94. The van der Waals surface area contributed by atoms with Gasteiger partial charge < -0.3 is 10.4 Å². The highest BCUT2D eigenvalue weighted by Gasteiger charge is 2.40. The van der Waals surface area contributed by atoms with E-state index in [1.54, 1.807) is 28.6 Å². The Kier molecular flexibility index (Phi) is 8.15. The SMILES string of the molecule is C[C@@H](C[C@@H](CC(=O)O)NC(=O)c1cc(-c2ccccc2C(C)(F)F)n(C2CCCC2)n1)N1CCC(F)(F)C1. The van der Waals surface area contributed by atoms with Crippen LogP contribution in [0.4, 0.5) is 17.6 Å². The largest absolute Gasteiger partial charge is 0.481 e. The van der Waals surface area contributed by atoms with E-state index >= 15 is 0 Å². The standard InChI is InChI=1S/C27H34F4N4O3/c1-17(34-12-11-27(30,31)16-34)13-18(14-24(36)37)32-25(38)22-15-23(35(33-22)19-7-3-4-8-19)20-9-5-6-10-21(20)26(2,28)29/h5-6,9-10,15,17-19H,3-4,7-8,11-14,16H2,1-2H3,(H,32,38)(H,36,37)/t17-,18-/m0/s1. The van der Waals surface area contributed by atoms with Crippen LogP contribution in [0.25, 0.3) is 11.3 Å². The maximum absolute atomic E-state index is 14.5.